The molecule has 26 heavy (non-hydrogen) atoms. The highest BCUT2D eigenvalue weighted by Gasteiger charge is 2.13. The standard InChI is InChI=1S/C17H13F3N4O2/c18-12-3-9(4-13(19)16(12)20)5-14-22-7-15(23-14)24-17(26)10-1-2-11(8-25)21-6-10/h1-4,6-7,25H,5,8H2,(H,22,23)(H,24,26). The molecule has 0 aliphatic rings. The number of nitrogens with one attached hydrogen (secondary N) is 2. The van der Waals surface area contributed by atoms with Crippen LogP contribution in [0, 0.1) is 17.5 Å². The number of aliphatic hydroxyl groups is 1. The molecule has 0 bridgehead atoms. The Morgan fingerprint density at radius 3 is 2.54 bits per heavy atom. The van der Waals surface area contributed by atoms with Crippen LogP contribution in [0.15, 0.2) is 36.7 Å². The van der Waals surface area contributed by atoms with E-state index in [1.807, 2.05) is 0 Å². The molecule has 0 aliphatic carbocycles. The molecule has 1 amide bonds. The van der Waals surface area contributed by atoms with Gasteiger partial charge >= 0.3 is 0 Å². The number of benzene rings is 1. The lowest BCUT2D eigenvalue weighted by atomic mass is 10.1. The minimum atomic E-state index is -1.53. The third-order valence-corrected chi connectivity index (χ3v) is 3.54. The lowest BCUT2D eigenvalue weighted by molar-refractivity contribution is 0.102. The van der Waals surface area contributed by atoms with Gasteiger partial charge < -0.3 is 15.4 Å². The highest BCUT2D eigenvalue weighted by atomic mass is 19.2. The first-order valence-electron chi connectivity index (χ1n) is 7.51. The van der Waals surface area contributed by atoms with E-state index in [9.17, 15) is 18.0 Å². The molecule has 0 saturated heterocycles. The van der Waals surface area contributed by atoms with Gasteiger partial charge in [0.05, 0.1) is 17.9 Å². The second-order valence-electron chi connectivity index (χ2n) is 5.43. The van der Waals surface area contributed by atoms with Gasteiger partial charge in [-0.05, 0) is 29.8 Å². The topological polar surface area (TPSA) is 90.9 Å². The van der Waals surface area contributed by atoms with Gasteiger partial charge in [0.2, 0.25) is 0 Å². The zero-order valence-electron chi connectivity index (χ0n) is 13.3. The van der Waals surface area contributed by atoms with Crippen LogP contribution in [0.1, 0.15) is 27.4 Å². The number of pyridine rings is 1. The highest BCUT2D eigenvalue weighted by molar-refractivity contribution is 6.03. The minimum absolute atomic E-state index is 0.0245. The minimum Gasteiger partial charge on any atom is -0.390 e. The summed E-state index contributed by atoms with van der Waals surface area (Å²) in [6.45, 7) is -0.227. The largest absolute Gasteiger partial charge is 0.390 e. The smallest absolute Gasteiger partial charge is 0.258 e. The maximum absolute atomic E-state index is 13.2. The number of halogens is 3. The number of aliphatic hydroxyl groups excluding tert-OH is 1. The number of imidazole rings is 1. The van der Waals surface area contributed by atoms with E-state index in [2.05, 4.69) is 20.3 Å². The van der Waals surface area contributed by atoms with Gasteiger partial charge in [0.15, 0.2) is 23.3 Å². The van der Waals surface area contributed by atoms with Crippen LogP contribution in [0.25, 0.3) is 0 Å². The number of H-pyrrole nitrogens is 1. The molecule has 9 heteroatoms. The molecule has 3 rings (SSSR count). The van der Waals surface area contributed by atoms with Crippen molar-refractivity contribution in [3.63, 3.8) is 0 Å². The van der Waals surface area contributed by atoms with Gasteiger partial charge in [0.1, 0.15) is 5.82 Å². The summed E-state index contributed by atoms with van der Waals surface area (Å²) in [6, 6.07) is 4.79. The predicted octanol–water partition coefficient (Wildman–Crippen LogP) is 2.56. The maximum Gasteiger partial charge on any atom is 0.258 e. The molecule has 6 nitrogen and oxygen atoms in total. The van der Waals surface area contributed by atoms with Gasteiger partial charge in [-0.3, -0.25) is 9.78 Å². The van der Waals surface area contributed by atoms with Gasteiger partial charge in [-0.2, -0.15) is 0 Å². The van der Waals surface area contributed by atoms with Crippen LogP contribution in [-0.4, -0.2) is 26.0 Å². The SMILES string of the molecule is O=C(Nc1c[nH]c(Cc2cc(F)c(F)c(F)c2)n1)c1ccc(CO)nc1. The summed E-state index contributed by atoms with van der Waals surface area (Å²) in [7, 11) is 0. The molecule has 0 radical (unpaired) electrons. The number of hydrogen-bond acceptors (Lipinski definition) is 4. The van der Waals surface area contributed by atoms with Crippen LogP contribution < -0.4 is 5.32 Å². The Morgan fingerprint density at radius 1 is 1.19 bits per heavy atom. The fourth-order valence-corrected chi connectivity index (χ4v) is 2.26. The van der Waals surface area contributed by atoms with Crippen molar-refractivity contribution in [2.75, 3.05) is 5.32 Å². The van der Waals surface area contributed by atoms with Crippen molar-refractivity contribution in [2.24, 2.45) is 0 Å². The predicted molar refractivity (Wildman–Crippen MR) is 85.8 cm³/mol. The van der Waals surface area contributed by atoms with Gasteiger partial charge in [-0.25, -0.2) is 18.2 Å². The normalized spacial score (nSPS) is 10.8. The van der Waals surface area contributed by atoms with Crippen LogP contribution in [0.3, 0.4) is 0 Å². The molecule has 0 aliphatic heterocycles. The first-order valence-corrected chi connectivity index (χ1v) is 7.51. The fraction of sp³-hybridized carbons (Fsp3) is 0.118. The zero-order chi connectivity index (χ0) is 18.7. The third-order valence-electron chi connectivity index (χ3n) is 3.54. The summed E-state index contributed by atoms with van der Waals surface area (Å²) in [6.07, 6.45) is 2.76. The van der Waals surface area contributed by atoms with E-state index in [4.69, 9.17) is 5.11 Å². The lowest BCUT2D eigenvalue weighted by Gasteiger charge is -2.03. The summed E-state index contributed by atoms with van der Waals surface area (Å²) in [5, 5.41) is 11.5. The quantitative estimate of drug-likeness (QED) is 0.609. The fourth-order valence-electron chi connectivity index (χ4n) is 2.26. The summed E-state index contributed by atoms with van der Waals surface area (Å²) >= 11 is 0. The molecule has 3 N–H and O–H groups in total. The number of rotatable bonds is 5. The van der Waals surface area contributed by atoms with Crippen molar-refractivity contribution < 1.29 is 23.1 Å². The molecule has 0 atom stereocenters. The molecule has 134 valence electrons. The number of nitrogens with zero attached hydrogens (tertiary/aromatic N) is 2. The Bertz CT molecular complexity index is 918. The molecular weight excluding hydrogens is 349 g/mol. The second kappa shape index (κ2) is 7.36. The number of amides is 1. The van der Waals surface area contributed by atoms with Gasteiger partial charge in [0, 0.05) is 18.8 Å². The average Bonchev–Trinajstić information content (AvgIpc) is 3.06. The van der Waals surface area contributed by atoms with Crippen LogP contribution in [0.4, 0.5) is 19.0 Å². The van der Waals surface area contributed by atoms with Crippen molar-refractivity contribution in [1.82, 2.24) is 15.0 Å². The highest BCUT2D eigenvalue weighted by Crippen LogP contribution is 2.16. The average molecular weight is 362 g/mol. The monoisotopic (exact) mass is 362 g/mol. The Hall–Kier alpha value is -3.20. The molecule has 0 unspecified atom stereocenters. The summed E-state index contributed by atoms with van der Waals surface area (Å²) in [4.78, 5) is 22.9. The summed E-state index contributed by atoms with van der Waals surface area (Å²) in [5.74, 6) is -4.00. The van der Waals surface area contributed by atoms with Crippen molar-refractivity contribution in [3.05, 3.63) is 76.8 Å². The van der Waals surface area contributed by atoms with Crippen molar-refractivity contribution in [2.45, 2.75) is 13.0 Å². The molecular formula is C17H13F3N4O2. The maximum atomic E-state index is 13.2. The third kappa shape index (κ3) is 3.89. The Kier molecular flexibility index (Phi) is 4.99. The molecule has 3 aromatic rings. The van der Waals surface area contributed by atoms with E-state index in [0.29, 0.717) is 11.5 Å². The van der Waals surface area contributed by atoms with E-state index < -0.39 is 23.4 Å². The molecule has 2 heterocycles. The second-order valence-corrected chi connectivity index (χ2v) is 5.43. The first kappa shape index (κ1) is 17.6. The van der Waals surface area contributed by atoms with Crippen molar-refractivity contribution >= 4 is 11.7 Å². The van der Waals surface area contributed by atoms with Crippen LogP contribution in [-0.2, 0) is 13.0 Å². The van der Waals surface area contributed by atoms with Gasteiger partial charge in [0.25, 0.3) is 5.91 Å². The Morgan fingerprint density at radius 2 is 1.92 bits per heavy atom. The lowest BCUT2D eigenvalue weighted by Crippen LogP contribution is -2.12. The van der Waals surface area contributed by atoms with E-state index in [-0.39, 0.29) is 30.0 Å². The van der Waals surface area contributed by atoms with Crippen LogP contribution in [0.5, 0.6) is 0 Å². The van der Waals surface area contributed by atoms with Crippen LogP contribution >= 0.6 is 0 Å². The van der Waals surface area contributed by atoms with E-state index in [0.717, 1.165) is 12.1 Å². The number of aromatic nitrogens is 3. The van der Waals surface area contributed by atoms with Gasteiger partial charge in [-0.15, -0.1) is 0 Å². The van der Waals surface area contributed by atoms with Crippen molar-refractivity contribution in [1.29, 1.82) is 0 Å². The number of anilines is 1. The van der Waals surface area contributed by atoms with Crippen LogP contribution in [0.2, 0.25) is 0 Å². The van der Waals surface area contributed by atoms with E-state index in [1.165, 1.54) is 24.5 Å². The Labute approximate surface area is 145 Å². The van der Waals surface area contributed by atoms with E-state index in [1.54, 1.807) is 0 Å². The van der Waals surface area contributed by atoms with Gasteiger partial charge in [-0.1, -0.05) is 0 Å². The summed E-state index contributed by atoms with van der Waals surface area (Å²) < 4.78 is 39.4. The number of carbonyl (C=O) groups excluding carboxylic acids is 1. The summed E-state index contributed by atoms with van der Waals surface area (Å²) in [5.41, 5.74) is 0.897. The van der Waals surface area contributed by atoms with Crippen molar-refractivity contribution in [3.8, 4) is 0 Å². The first-order chi connectivity index (χ1) is 12.5. The molecule has 2 aromatic heterocycles. The number of hydrogen-bond donors (Lipinski definition) is 3. The molecule has 0 fully saturated rings. The zero-order valence-corrected chi connectivity index (χ0v) is 13.3. The Balaban J connectivity index is 1.68. The van der Waals surface area contributed by atoms with E-state index >= 15 is 0 Å². The number of carbonyl (C=O) groups is 1. The number of aromatic amines is 1. The molecule has 1 aromatic carbocycles. The molecule has 0 saturated carbocycles. The molecule has 0 spiro atoms.